The Morgan fingerprint density at radius 1 is 1.44 bits per heavy atom. The van der Waals surface area contributed by atoms with Gasteiger partial charge in [-0.15, -0.1) is 0 Å². The van der Waals surface area contributed by atoms with Crippen LogP contribution in [-0.4, -0.2) is 31.7 Å². The van der Waals surface area contributed by atoms with E-state index in [0.717, 1.165) is 5.57 Å². The SMILES string of the molecule is CCOC(=O)C1(C)C=C(C)C(N)C(C(=O)OC)=C1. The zero-order valence-corrected chi connectivity index (χ0v) is 11.1. The molecule has 2 atom stereocenters. The van der Waals surface area contributed by atoms with Crippen molar-refractivity contribution in [1.29, 1.82) is 0 Å². The standard InChI is InChI=1S/C13H19NO4/c1-5-18-12(16)13(3)6-8(2)10(14)9(7-13)11(15)17-4/h6-7,10H,5,14H2,1-4H3. The number of hydrogen-bond donors (Lipinski definition) is 1. The summed E-state index contributed by atoms with van der Waals surface area (Å²) in [6.07, 6.45) is 3.25. The van der Waals surface area contributed by atoms with Gasteiger partial charge < -0.3 is 15.2 Å². The van der Waals surface area contributed by atoms with Gasteiger partial charge in [-0.2, -0.15) is 0 Å². The van der Waals surface area contributed by atoms with Crippen LogP contribution in [0.4, 0.5) is 0 Å². The van der Waals surface area contributed by atoms with Gasteiger partial charge >= 0.3 is 11.9 Å². The lowest BCUT2D eigenvalue weighted by Crippen LogP contribution is -2.38. The van der Waals surface area contributed by atoms with Crippen molar-refractivity contribution in [3.05, 3.63) is 23.3 Å². The summed E-state index contributed by atoms with van der Waals surface area (Å²) in [5, 5.41) is 0. The molecule has 5 heteroatoms. The van der Waals surface area contributed by atoms with Gasteiger partial charge in [0.1, 0.15) is 5.41 Å². The second-order valence-corrected chi connectivity index (χ2v) is 4.46. The molecule has 2 N–H and O–H groups in total. The largest absolute Gasteiger partial charge is 0.466 e. The number of nitrogens with two attached hydrogens (primary N) is 1. The van der Waals surface area contributed by atoms with Crippen LogP contribution in [0.5, 0.6) is 0 Å². The van der Waals surface area contributed by atoms with Gasteiger partial charge in [0, 0.05) is 0 Å². The molecule has 0 aromatic heterocycles. The van der Waals surface area contributed by atoms with Crippen LogP contribution in [0.15, 0.2) is 23.3 Å². The van der Waals surface area contributed by atoms with E-state index in [1.54, 1.807) is 26.8 Å². The number of carbonyl (C=O) groups excluding carboxylic acids is 2. The van der Waals surface area contributed by atoms with E-state index in [0.29, 0.717) is 0 Å². The third-order valence-corrected chi connectivity index (χ3v) is 2.94. The Balaban J connectivity index is 3.17. The maximum absolute atomic E-state index is 11.9. The van der Waals surface area contributed by atoms with Crippen LogP contribution in [0.2, 0.25) is 0 Å². The summed E-state index contributed by atoms with van der Waals surface area (Å²) >= 11 is 0. The Morgan fingerprint density at radius 2 is 2.06 bits per heavy atom. The van der Waals surface area contributed by atoms with Gasteiger partial charge in [-0.25, -0.2) is 4.79 Å². The fourth-order valence-electron chi connectivity index (χ4n) is 1.97. The second kappa shape index (κ2) is 5.35. The molecule has 100 valence electrons. The van der Waals surface area contributed by atoms with E-state index in [1.165, 1.54) is 13.2 Å². The predicted octanol–water partition coefficient (Wildman–Crippen LogP) is 0.942. The highest BCUT2D eigenvalue weighted by Crippen LogP contribution is 2.33. The number of esters is 2. The molecule has 1 rings (SSSR count). The molecule has 0 amide bonds. The van der Waals surface area contributed by atoms with Gasteiger partial charge in [0.2, 0.25) is 0 Å². The Bertz CT molecular complexity index is 425. The van der Waals surface area contributed by atoms with Crippen molar-refractivity contribution in [2.45, 2.75) is 26.8 Å². The van der Waals surface area contributed by atoms with E-state index in [2.05, 4.69) is 4.74 Å². The average molecular weight is 253 g/mol. The van der Waals surface area contributed by atoms with Gasteiger partial charge in [-0.1, -0.05) is 17.7 Å². The van der Waals surface area contributed by atoms with Gasteiger partial charge in [-0.3, -0.25) is 4.79 Å². The highest BCUT2D eigenvalue weighted by Gasteiger charge is 2.37. The van der Waals surface area contributed by atoms with Crippen LogP contribution in [-0.2, 0) is 19.1 Å². The highest BCUT2D eigenvalue weighted by atomic mass is 16.5. The third-order valence-electron chi connectivity index (χ3n) is 2.94. The van der Waals surface area contributed by atoms with Crippen LogP contribution in [0.25, 0.3) is 0 Å². The quantitative estimate of drug-likeness (QED) is 0.598. The van der Waals surface area contributed by atoms with E-state index in [9.17, 15) is 9.59 Å². The molecule has 0 radical (unpaired) electrons. The molecule has 0 fully saturated rings. The fourth-order valence-corrected chi connectivity index (χ4v) is 1.97. The predicted molar refractivity (Wildman–Crippen MR) is 66.6 cm³/mol. The second-order valence-electron chi connectivity index (χ2n) is 4.46. The number of ether oxygens (including phenoxy) is 2. The molecular weight excluding hydrogens is 234 g/mol. The van der Waals surface area contributed by atoms with Gasteiger partial charge in [-0.05, 0) is 20.8 Å². The molecule has 0 aromatic rings. The molecule has 0 saturated carbocycles. The minimum atomic E-state index is -0.973. The van der Waals surface area contributed by atoms with E-state index < -0.39 is 23.4 Å². The number of hydrogen-bond acceptors (Lipinski definition) is 5. The van der Waals surface area contributed by atoms with Crippen molar-refractivity contribution in [1.82, 2.24) is 0 Å². The smallest absolute Gasteiger partial charge is 0.335 e. The van der Waals surface area contributed by atoms with Crippen molar-refractivity contribution in [3.63, 3.8) is 0 Å². The summed E-state index contributed by atoms with van der Waals surface area (Å²) in [5.74, 6) is -0.928. The Labute approximate surface area is 107 Å². The Hall–Kier alpha value is -1.62. The topological polar surface area (TPSA) is 78.6 Å². The first-order valence-corrected chi connectivity index (χ1v) is 5.79. The molecular formula is C13H19NO4. The van der Waals surface area contributed by atoms with Crippen LogP contribution in [0.1, 0.15) is 20.8 Å². The summed E-state index contributed by atoms with van der Waals surface area (Å²) in [6.45, 7) is 5.48. The Kier molecular flexibility index (Phi) is 4.29. The molecule has 0 aliphatic heterocycles. The molecule has 0 heterocycles. The molecule has 0 saturated heterocycles. The molecule has 18 heavy (non-hydrogen) atoms. The van der Waals surface area contributed by atoms with Crippen LogP contribution < -0.4 is 5.73 Å². The summed E-state index contributed by atoms with van der Waals surface area (Å²) in [6, 6.07) is -0.542. The molecule has 0 aromatic carbocycles. The first kappa shape index (κ1) is 14.4. The maximum Gasteiger partial charge on any atom is 0.335 e. The number of methoxy groups -OCH3 is 1. The molecule has 0 bridgehead atoms. The number of rotatable bonds is 3. The average Bonchev–Trinajstić information content (AvgIpc) is 2.33. The van der Waals surface area contributed by atoms with Crippen molar-refractivity contribution in [2.24, 2.45) is 11.1 Å². The Morgan fingerprint density at radius 3 is 2.56 bits per heavy atom. The molecule has 5 nitrogen and oxygen atoms in total. The van der Waals surface area contributed by atoms with Crippen molar-refractivity contribution < 1.29 is 19.1 Å². The lowest BCUT2D eigenvalue weighted by molar-refractivity contribution is -0.149. The molecule has 0 spiro atoms. The van der Waals surface area contributed by atoms with Crippen molar-refractivity contribution in [3.8, 4) is 0 Å². The van der Waals surface area contributed by atoms with Gasteiger partial charge in [0.15, 0.2) is 0 Å². The third kappa shape index (κ3) is 2.61. The van der Waals surface area contributed by atoms with E-state index in [-0.39, 0.29) is 12.2 Å². The molecule has 1 aliphatic rings. The summed E-state index contributed by atoms with van der Waals surface area (Å²) < 4.78 is 9.68. The first-order chi connectivity index (χ1) is 8.35. The van der Waals surface area contributed by atoms with E-state index >= 15 is 0 Å². The van der Waals surface area contributed by atoms with Gasteiger partial charge in [0.05, 0.1) is 25.3 Å². The molecule has 1 aliphatic carbocycles. The number of carbonyl (C=O) groups is 2. The van der Waals surface area contributed by atoms with Crippen LogP contribution >= 0.6 is 0 Å². The minimum Gasteiger partial charge on any atom is -0.466 e. The zero-order chi connectivity index (χ0) is 13.9. The van der Waals surface area contributed by atoms with Crippen molar-refractivity contribution >= 4 is 11.9 Å². The van der Waals surface area contributed by atoms with E-state index in [1.807, 2.05) is 0 Å². The first-order valence-electron chi connectivity index (χ1n) is 5.79. The lowest BCUT2D eigenvalue weighted by atomic mass is 9.78. The lowest BCUT2D eigenvalue weighted by Gasteiger charge is -2.29. The monoisotopic (exact) mass is 253 g/mol. The van der Waals surface area contributed by atoms with Crippen LogP contribution in [0.3, 0.4) is 0 Å². The minimum absolute atomic E-state index is 0.285. The summed E-state index contributed by atoms with van der Waals surface area (Å²) in [7, 11) is 1.28. The fraction of sp³-hybridized carbons (Fsp3) is 0.538. The summed E-state index contributed by atoms with van der Waals surface area (Å²) in [5.41, 5.74) is 5.96. The normalized spacial score (nSPS) is 27.1. The van der Waals surface area contributed by atoms with E-state index in [4.69, 9.17) is 10.5 Å². The highest BCUT2D eigenvalue weighted by molar-refractivity contribution is 5.94. The zero-order valence-electron chi connectivity index (χ0n) is 11.1. The summed E-state index contributed by atoms with van der Waals surface area (Å²) in [4.78, 5) is 23.6. The maximum atomic E-state index is 11.9. The van der Waals surface area contributed by atoms with Gasteiger partial charge in [0.25, 0.3) is 0 Å². The van der Waals surface area contributed by atoms with Crippen LogP contribution in [0, 0.1) is 5.41 Å². The molecule has 2 unspecified atom stereocenters. The van der Waals surface area contributed by atoms with Crippen molar-refractivity contribution in [2.75, 3.05) is 13.7 Å².